The Morgan fingerprint density at radius 3 is 2.62 bits per heavy atom. The molecule has 1 aromatic carbocycles. The maximum Gasteiger partial charge on any atom is 0.128 e. The Hall–Kier alpha value is -3.25. The zero-order chi connectivity index (χ0) is 26.6. The van der Waals surface area contributed by atoms with E-state index in [1.807, 2.05) is 12.1 Å². The minimum atomic E-state index is 0.492. The Morgan fingerprint density at radius 1 is 0.974 bits per heavy atom. The van der Waals surface area contributed by atoms with Gasteiger partial charge in [0.05, 0.1) is 11.1 Å². The van der Waals surface area contributed by atoms with Crippen LogP contribution in [0, 0.1) is 16.7 Å². The molecule has 8 nitrogen and oxygen atoms in total. The molecule has 0 N–H and O–H groups in total. The van der Waals surface area contributed by atoms with Crippen LogP contribution in [0.4, 0.5) is 11.5 Å². The second-order valence-electron chi connectivity index (χ2n) is 12.4. The van der Waals surface area contributed by atoms with E-state index in [1.54, 1.807) is 6.20 Å². The molecule has 0 aliphatic carbocycles. The van der Waals surface area contributed by atoms with E-state index in [0.717, 1.165) is 75.5 Å². The van der Waals surface area contributed by atoms with E-state index in [-0.39, 0.29) is 0 Å². The maximum absolute atomic E-state index is 9.56. The van der Waals surface area contributed by atoms with Crippen LogP contribution in [0.5, 0.6) is 0 Å². The lowest BCUT2D eigenvalue weighted by Gasteiger charge is -2.59. The summed E-state index contributed by atoms with van der Waals surface area (Å²) in [4.78, 5) is 22.0. The average molecular weight is 523 g/mol. The van der Waals surface area contributed by atoms with E-state index >= 15 is 0 Å². The molecule has 202 valence electrons. The van der Waals surface area contributed by atoms with Gasteiger partial charge < -0.3 is 19.6 Å². The van der Waals surface area contributed by atoms with Gasteiger partial charge in [-0.2, -0.15) is 5.26 Å². The summed E-state index contributed by atoms with van der Waals surface area (Å²) in [6, 6.07) is 15.9. The Bertz CT molecular complexity index is 1380. The highest BCUT2D eigenvalue weighted by Crippen LogP contribution is 2.40. The predicted octanol–water partition coefficient (Wildman–Crippen LogP) is 2.69. The molecule has 1 spiro atoms. The van der Waals surface area contributed by atoms with Crippen molar-refractivity contribution in [2.75, 3.05) is 82.3 Å². The van der Waals surface area contributed by atoms with Gasteiger partial charge in [-0.25, -0.2) is 4.98 Å². The van der Waals surface area contributed by atoms with Crippen LogP contribution in [0.2, 0.25) is 0 Å². The topological polar surface area (TPSA) is 65.8 Å². The SMILES string of the molecule is CC1CN(c2ccc(C#N)c3ncccc23)CC2CN(CCc3ccc(N4CC5(CN(C)C5)C4)nc3)CCN12. The molecule has 8 heteroatoms. The van der Waals surface area contributed by atoms with E-state index in [1.165, 1.54) is 24.3 Å². The predicted molar refractivity (Wildman–Crippen MR) is 155 cm³/mol. The van der Waals surface area contributed by atoms with E-state index in [0.29, 0.717) is 23.1 Å². The fourth-order valence-corrected chi connectivity index (χ4v) is 7.62. The normalized spacial score (nSPS) is 25.3. The summed E-state index contributed by atoms with van der Waals surface area (Å²) < 4.78 is 0. The number of likely N-dealkylation sites (tertiary alicyclic amines) is 1. The van der Waals surface area contributed by atoms with Crippen molar-refractivity contribution in [3.8, 4) is 6.07 Å². The molecule has 0 saturated carbocycles. The van der Waals surface area contributed by atoms with Gasteiger partial charge in [-0.05, 0) is 56.3 Å². The van der Waals surface area contributed by atoms with Crippen molar-refractivity contribution in [1.82, 2.24) is 24.7 Å². The van der Waals surface area contributed by atoms with Crippen LogP contribution in [-0.4, -0.2) is 109 Å². The molecule has 4 aliphatic rings. The van der Waals surface area contributed by atoms with E-state index in [4.69, 9.17) is 4.98 Å². The van der Waals surface area contributed by atoms with Crippen molar-refractivity contribution in [2.45, 2.75) is 25.4 Å². The van der Waals surface area contributed by atoms with Gasteiger partial charge in [0.25, 0.3) is 0 Å². The minimum absolute atomic E-state index is 0.492. The number of fused-ring (bicyclic) bond motifs is 2. The van der Waals surface area contributed by atoms with Crippen molar-refractivity contribution in [3.63, 3.8) is 0 Å². The summed E-state index contributed by atoms with van der Waals surface area (Å²) >= 11 is 0. The third-order valence-electron chi connectivity index (χ3n) is 9.42. The number of hydrogen-bond acceptors (Lipinski definition) is 8. The summed E-state index contributed by atoms with van der Waals surface area (Å²) in [6.07, 6.45) is 4.92. The summed E-state index contributed by atoms with van der Waals surface area (Å²) in [7, 11) is 2.21. The maximum atomic E-state index is 9.56. The second kappa shape index (κ2) is 9.74. The summed E-state index contributed by atoms with van der Waals surface area (Å²) in [6.45, 7) is 13.5. The minimum Gasteiger partial charge on any atom is -0.368 e. The third kappa shape index (κ3) is 4.53. The first kappa shape index (κ1) is 24.8. The van der Waals surface area contributed by atoms with E-state index in [2.05, 4.69) is 80.0 Å². The average Bonchev–Trinajstić information content (AvgIpc) is 2.92. The van der Waals surface area contributed by atoms with Gasteiger partial charge in [0.2, 0.25) is 0 Å². The van der Waals surface area contributed by atoms with Gasteiger partial charge in [0.1, 0.15) is 11.9 Å². The molecule has 2 atom stereocenters. The van der Waals surface area contributed by atoms with Gasteiger partial charge >= 0.3 is 0 Å². The van der Waals surface area contributed by atoms with Crippen LogP contribution in [0.25, 0.3) is 10.9 Å². The smallest absolute Gasteiger partial charge is 0.128 e. The number of aromatic nitrogens is 2. The zero-order valence-electron chi connectivity index (χ0n) is 23.1. The molecular weight excluding hydrogens is 484 g/mol. The van der Waals surface area contributed by atoms with Crippen molar-refractivity contribution in [1.29, 1.82) is 5.26 Å². The lowest BCUT2D eigenvalue weighted by Crippen LogP contribution is -2.71. The van der Waals surface area contributed by atoms with Gasteiger partial charge in [-0.3, -0.25) is 9.88 Å². The first-order valence-corrected chi connectivity index (χ1v) is 14.4. The number of nitrogens with zero attached hydrogens (tertiary/aromatic N) is 8. The molecule has 4 fully saturated rings. The van der Waals surface area contributed by atoms with Crippen LogP contribution < -0.4 is 9.80 Å². The molecule has 0 amide bonds. The first-order valence-electron chi connectivity index (χ1n) is 14.4. The fourth-order valence-electron chi connectivity index (χ4n) is 7.62. The summed E-state index contributed by atoms with van der Waals surface area (Å²) in [5.41, 5.74) is 4.52. The molecule has 6 heterocycles. The largest absolute Gasteiger partial charge is 0.368 e. The number of benzene rings is 1. The third-order valence-corrected chi connectivity index (χ3v) is 9.42. The molecule has 3 aromatic rings. The number of rotatable bonds is 5. The van der Waals surface area contributed by atoms with Crippen molar-refractivity contribution in [2.24, 2.45) is 5.41 Å². The molecule has 39 heavy (non-hydrogen) atoms. The number of piperazine rings is 2. The van der Waals surface area contributed by atoms with Crippen LogP contribution in [-0.2, 0) is 6.42 Å². The number of nitriles is 1. The Labute approximate surface area is 231 Å². The molecule has 0 radical (unpaired) electrons. The van der Waals surface area contributed by atoms with E-state index < -0.39 is 0 Å². The molecule has 2 unspecified atom stereocenters. The number of hydrogen-bond donors (Lipinski definition) is 0. The summed E-state index contributed by atoms with van der Waals surface area (Å²) in [5.74, 6) is 1.13. The second-order valence-corrected chi connectivity index (χ2v) is 12.4. The lowest BCUT2D eigenvalue weighted by molar-refractivity contribution is -0.00280. The lowest BCUT2D eigenvalue weighted by atomic mass is 9.73. The fraction of sp³-hybridized carbons (Fsp3) is 0.516. The monoisotopic (exact) mass is 522 g/mol. The Kier molecular flexibility index (Phi) is 6.19. The standard InChI is InChI=1S/C31H38N8/c1-23-16-37(28-7-6-25(14-32)30-27(28)4-3-10-33-30)18-26-17-36(12-13-39(23)26)11-9-24-5-8-29(34-15-24)38-21-31(22-38)19-35(2)20-31/h3-8,10,15,23,26H,9,11-13,16-22H2,1-2H3. The zero-order valence-corrected chi connectivity index (χ0v) is 23.1. The molecule has 2 aromatic heterocycles. The van der Waals surface area contributed by atoms with Crippen molar-refractivity contribution < 1.29 is 0 Å². The summed E-state index contributed by atoms with van der Waals surface area (Å²) in [5, 5.41) is 10.6. The highest BCUT2D eigenvalue weighted by molar-refractivity contribution is 5.95. The number of pyridine rings is 2. The Balaban J connectivity index is 0.975. The quantitative estimate of drug-likeness (QED) is 0.507. The Morgan fingerprint density at radius 2 is 1.85 bits per heavy atom. The molecule has 0 bridgehead atoms. The van der Waals surface area contributed by atoms with E-state index in [9.17, 15) is 5.26 Å². The van der Waals surface area contributed by atoms with Gasteiger partial charge in [0.15, 0.2) is 0 Å². The number of anilines is 2. The van der Waals surface area contributed by atoms with Gasteiger partial charge in [-0.15, -0.1) is 0 Å². The molecular formula is C31H38N8. The van der Waals surface area contributed by atoms with Gasteiger partial charge in [0, 0.05) is 106 Å². The molecule has 7 rings (SSSR count). The van der Waals surface area contributed by atoms with Crippen LogP contribution in [0.1, 0.15) is 18.1 Å². The first-order chi connectivity index (χ1) is 19.0. The van der Waals surface area contributed by atoms with Gasteiger partial charge in [-0.1, -0.05) is 6.07 Å². The van der Waals surface area contributed by atoms with Crippen LogP contribution >= 0.6 is 0 Å². The van der Waals surface area contributed by atoms with Crippen molar-refractivity contribution in [3.05, 3.63) is 59.9 Å². The highest BCUT2D eigenvalue weighted by atomic mass is 15.4. The highest BCUT2D eigenvalue weighted by Gasteiger charge is 2.50. The van der Waals surface area contributed by atoms with Crippen molar-refractivity contribution >= 4 is 22.4 Å². The van der Waals surface area contributed by atoms with Crippen LogP contribution in [0.3, 0.4) is 0 Å². The molecule has 4 saturated heterocycles. The molecule has 4 aliphatic heterocycles. The van der Waals surface area contributed by atoms with Crippen LogP contribution in [0.15, 0.2) is 48.8 Å².